The first kappa shape index (κ1) is 9.23. The number of hydrogen-bond acceptors (Lipinski definition) is 3. The van der Waals surface area contributed by atoms with Gasteiger partial charge in [0, 0.05) is 38.1 Å². The van der Waals surface area contributed by atoms with Crippen molar-refractivity contribution in [2.75, 3.05) is 7.11 Å². The molecule has 0 saturated carbocycles. The second-order valence-electron chi connectivity index (χ2n) is 2.35. The Labute approximate surface area is 71.0 Å². The largest absolute Gasteiger partial charge is 0.326 e. The predicted molar refractivity (Wildman–Crippen MR) is 45.4 cm³/mol. The lowest BCUT2D eigenvalue weighted by atomic mass is 10.6. The van der Waals surface area contributed by atoms with Gasteiger partial charge >= 0.3 is 0 Å². The summed E-state index contributed by atoms with van der Waals surface area (Å²) in [5, 5.41) is 0. The van der Waals surface area contributed by atoms with Gasteiger partial charge in [0.05, 0.1) is 0 Å². The number of rotatable bonds is 1. The van der Waals surface area contributed by atoms with Crippen molar-refractivity contribution >= 4 is 13.3 Å². The molecule has 0 bridgehead atoms. The third kappa shape index (κ3) is 1.84. The average Bonchev–Trinajstić information content (AvgIpc) is 2.05. The van der Waals surface area contributed by atoms with E-state index in [9.17, 15) is 9.36 Å². The van der Waals surface area contributed by atoms with Crippen LogP contribution >= 0.6 is 7.37 Å². The quantitative estimate of drug-likeness (QED) is 0.587. The van der Waals surface area contributed by atoms with E-state index in [0.29, 0.717) is 0 Å². The molecular weight excluding hydrogens is 177 g/mol. The SMILES string of the molecule is COP1(=O)C=CN(C(C)=O)C=C1. The third-order valence-electron chi connectivity index (χ3n) is 1.52. The van der Waals surface area contributed by atoms with Crippen LogP contribution in [-0.4, -0.2) is 17.9 Å². The zero-order chi connectivity index (χ0) is 9.19. The molecule has 5 heteroatoms. The van der Waals surface area contributed by atoms with Gasteiger partial charge in [-0.1, -0.05) is 0 Å². The first-order chi connectivity index (χ1) is 5.57. The van der Waals surface area contributed by atoms with E-state index in [0.717, 1.165) is 0 Å². The van der Waals surface area contributed by atoms with Gasteiger partial charge in [0.1, 0.15) is 0 Å². The minimum absolute atomic E-state index is 0.121. The Hall–Kier alpha value is -0.860. The van der Waals surface area contributed by atoms with Crippen LogP contribution in [0.25, 0.3) is 0 Å². The van der Waals surface area contributed by atoms with E-state index in [1.165, 1.54) is 43.0 Å². The minimum Gasteiger partial charge on any atom is -0.326 e. The zero-order valence-electron chi connectivity index (χ0n) is 6.93. The molecule has 0 aliphatic carbocycles. The van der Waals surface area contributed by atoms with E-state index < -0.39 is 7.37 Å². The third-order valence-corrected chi connectivity index (χ3v) is 3.19. The molecule has 1 aliphatic rings. The maximum atomic E-state index is 11.4. The second-order valence-corrected chi connectivity index (χ2v) is 4.60. The van der Waals surface area contributed by atoms with E-state index >= 15 is 0 Å². The smallest absolute Gasteiger partial charge is 0.249 e. The van der Waals surface area contributed by atoms with Crippen molar-refractivity contribution in [3.05, 3.63) is 24.0 Å². The van der Waals surface area contributed by atoms with Crippen LogP contribution < -0.4 is 0 Å². The molecule has 0 aromatic heterocycles. The fourth-order valence-corrected chi connectivity index (χ4v) is 1.76. The van der Waals surface area contributed by atoms with Crippen LogP contribution in [0.1, 0.15) is 6.92 Å². The van der Waals surface area contributed by atoms with Crippen LogP contribution in [0.5, 0.6) is 0 Å². The van der Waals surface area contributed by atoms with E-state index in [-0.39, 0.29) is 5.91 Å². The van der Waals surface area contributed by atoms with Crippen LogP contribution in [0, 0.1) is 0 Å². The Morgan fingerprint density at radius 1 is 1.42 bits per heavy atom. The van der Waals surface area contributed by atoms with Crippen molar-refractivity contribution in [3.8, 4) is 0 Å². The second kappa shape index (κ2) is 3.25. The van der Waals surface area contributed by atoms with Crippen molar-refractivity contribution in [3.63, 3.8) is 0 Å². The molecule has 0 spiro atoms. The summed E-state index contributed by atoms with van der Waals surface area (Å²) in [6.07, 6.45) is 2.90. The minimum atomic E-state index is -2.73. The van der Waals surface area contributed by atoms with E-state index in [1.54, 1.807) is 0 Å². The summed E-state index contributed by atoms with van der Waals surface area (Å²) >= 11 is 0. The van der Waals surface area contributed by atoms with Gasteiger partial charge in [-0.05, 0) is 0 Å². The van der Waals surface area contributed by atoms with Gasteiger partial charge in [-0.3, -0.25) is 14.3 Å². The molecular formula is C7H10NO3P. The summed E-state index contributed by atoms with van der Waals surface area (Å²) in [6, 6.07) is 0. The Balaban J connectivity index is 2.80. The molecule has 1 aliphatic heterocycles. The van der Waals surface area contributed by atoms with Crippen molar-refractivity contribution in [2.24, 2.45) is 0 Å². The number of carbonyl (C=O) groups is 1. The van der Waals surface area contributed by atoms with E-state index in [2.05, 4.69) is 0 Å². The average molecular weight is 187 g/mol. The molecule has 1 heterocycles. The Kier molecular flexibility index (Phi) is 2.50. The number of amides is 1. The van der Waals surface area contributed by atoms with Crippen molar-refractivity contribution in [1.29, 1.82) is 0 Å². The van der Waals surface area contributed by atoms with Gasteiger partial charge in [-0.2, -0.15) is 0 Å². The van der Waals surface area contributed by atoms with Gasteiger partial charge in [-0.25, -0.2) is 0 Å². The Morgan fingerprint density at radius 2 is 1.92 bits per heavy atom. The highest BCUT2D eigenvalue weighted by Crippen LogP contribution is 2.50. The summed E-state index contributed by atoms with van der Waals surface area (Å²) < 4.78 is 16.2. The molecule has 0 radical (unpaired) electrons. The van der Waals surface area contributed by atoms with Crippen LogP contribution in [0.15, 0.2) is 24.0 Å². The molecule has 0 aromatic rings. The lowest BCUT2D eigenvalue weighted by Gasteiger charge is -2.17. The summed E-state index contributed by atoms with van der Waals surface area (Å²) in [5.41, 5.74) is 0. The molecule has 1 rings (SSSR count). The van der Waals surface area contributed by atoms with Crippen LogP contribution in [0.4, 0.5) is 0 Å². The van der Waals surface area contributed by atoms with Crippen LogP contribution in [0.2, 0.25) is 0 Å². The van der Waals surface area contributed by atoms with Crippen LogP contribution in [-0.2, 0) is 13.9 Å². The molecule has 0 fully saturated rings. The van der Waals surface area contributed by atoms with Gasteiger partial charge in [-0.15, -0.1) is 0 Å². The van der Waals surface area contributed by atoms with Crippen molar-refractivity contribution in [1.82, 2.24) is 4.90 Å². The maximum Gasteiger partial charge on any atom is 0.249 e. The van der Waals surface area contributed by atoms with Crippen LogP contribution in [0.3, 0.4) is 0 Å². The number of hydrogen-bond donors (Lipinski definition) is 0. The summed E-state index contributed by atoms with van der Waals surface area (Å²) in [7, 11) is -1.35. The monoisotopic (exact) mass is 187 g/mol. The highest BCUT2D eigenvalue weighted by Gasteiger charge is 2.18. The summed E-state index contributed by atoms with van der Waals surface area (Å²) in [6.45, 7) is 1.43. The first-order valence-electron chi connectivity index (χ1n) is 3.40. The molecule has 0 unspecified atom stereocenters. The molecule has 0 aromatic carbocycles. The van der Waals surface area contributed by atoms with Gasteiger partial charge in [0.25, 0.3) is 0 Å². The molecule has 12 heavy (non-hydrogen) atoms. The Bertz CT molecular complexity index is 277. The van der Waals surface area contributed by atoms with Crippen molar-refractivity contribution in [2.45, 2.75) is 6.92 Å². The lowest BCUT2D eigenvalue weighted by Crippen LogP contribution is -2.17. The normalized spacial score (nSPS) is 19.7. The maximum absolute atomic E-state index is 11.4. The van der Waals surface area contributed by atoms with E-state index in [1.807, 2.05) is 0 Å². The zero-order valence-corrected chi connectivity index (χ0v) is 7.82. The highest BCUT2D eigenvalue weighted by molar-refractivity contribution is 7.65. The molecule has 1 amide bonds. The first-order valence-corrected chi connectivity index (χ1v) is 5.16. The number of carbonyl (C=O) groups excluding carboxylic acids is 1. The summed E-state index contributed by atoms with van der Waals surface area (Å²) in [5.74, 6) is 2.67. The standard InChI is InChI=1S/C7H10NO3P/c1-7(9)8-3-5-12(10,11-2)6-4-8/h3-6H,1-2H3. The molecule has 0 saturated heterocycles. The lowest BCUT2D eigenvalue weighted by molar-refractivity contribution is -0.124. The fraction of sp³-hybridized carbons (Fsp3) is 0.286. The van der Waals surface area contributed by atoms with Gasteiger partial charge < -0.3 is 4.52 Å². The molecule has 4 nitrogen and oxygen atoms in total. The fourth-order valence-electron chi connectivity index (χ4n) is 0.761. The van der Waals surface area contributed by atoms with Gasteiger partial charge in [0.2, 0.25) is 13.3 Å². The molecule has 0 N–H and O–H groups in total. The van der Waals surface area contributed by atoms with E-state index in [4.69, 9.17) is 4.52 Å². The highest BCUT2D eigenvalue weighted by atomic mass is 31.2. The van der Waals surface area contributed by atoms with Gasteiger partial charge in [0.15, 0.2) is 0 Å². The topological polar surface area (TPSA) is 46.6 Å². The molecule has 66 valence electrons. The predicted octanol–water partition coefficient (Wildman–Crippen LogP) is 1.72. The summed E-state index contributed by atoms with van der Waals surface area (Å²) in [4.78, 5) is 12.1. The number of nitrogens with zero attached hydrogens (tertiary/aromatic N) is 1. The molecule has 0 atom stereocenters. The van der Waals surface area contributed by atoms with Crippen molar-refractivity contribution < 1.29 is 13.9 Å². The Morgan fingerprint density at radius 3 is 2.25 bits per heavy atom.